The number of aromatic nitrogens is 2. The number of nitrogens with two attached hydrogens (primary N) is 1. The zero-order chi connectivity index (χ0) is 14.7. The fourth-order valence-corrected chi connectivity index (χ4v) is 2.05. The second-order valence-corrected chi connectivity index (χ2v) is 4.40. The van der Waals surface area contributed by atoms with E-state index < -0.39 is 0 Å². The van der Waals surface area contributed by atoms with Crippen LogP contribution in [0.1, 0.15) is 23.0 Å². The monoisotopic (exact) mass is 274 g/mol. The first kappa shape index (κ1) is 13.9. The summed E-state index contributed by atoms with van der Waals surface area (Å²) in [7, 11) is 3.32. The van der Waals surface area contributed by atoms with Crippen molar-refractivity contribution in [2.75, 3.05) is 18.2 Å². The Morgan fingerprint density at radius 2 is 2.25 bits per heavy atom. The molecule has 20 heavy (non-hydrogen) atoms. The molecule has 6 nitrogen and oxygen atoms in total. The lowest BCUT2D eigenvalue weighted by Crippen LogP contribution is -2.15. The van der Waals surface area contributed by atoms with E-state index in [1.165, 1.54) is 7.11 Å². The smallest absolute Gasteiger partial charge is 0.261 e. The van der Waals surface area contributed by atoms with E-state index in [9.17, 15) is 4.79 Å². The normalized spacial score (nSPS) is 10.3. The van der Waals surface area contributed by atoms with E-state index in [-0.39, 0.29) is 5.91 Å². The molecule has 2 rings (SSSR count). The SMILES string of the molecule is CCc1nn(C)cc1NC(=O)c1c(N)cccc1OC. The molecule has 2 aromatic rings. The Balaban J connectivity index is 2.33. The summed E-state index contributed by atoms with van der Waals surface area (Å²) in [6.07, 6.45) is 2.50. The molecule has 1 aromatic heterocycles. The van der Waals surface area contributed by atoms with Gasteiger partial charge in [0.15, 0.2) is 0 Å². The highest BCUT2D eigenvalue weighted by atomic mass is 16.5. The van der Waals surface area contributed by atoms with Crippen molar-refractivity contribution in [1.29, 1.82) is 0 Å². The Bertz CT molecular complexity index is 634. The van der Waals surface area contributed by atoms with Gasteiger partial charge >= 0.3 is 0 Å². The molecular weight excluding hydrogens is 256 g/mol. The van der Waals surface area contributed by atoms with Gasteiger partial charge in [-0.05, 0) is 18.6 Å². The largest absolute Gasteiger partial charge is 0.496 e. The number of nitrogen functional groups attached to an aromatic ring is 1. The van der Waals surface area contributed by atoms with E-state index in [0.29, 0.717) is 22.7 Å². The van der Waals surface area contributed by atoms with Gasteiger partial charge in [0.1, 0.15) is 11.3 Å². The van der Waals surface area contributed by atoms with Crippen LogP contribution >= 0.6 is 0 Å². The van der Waals surface area contributed by atoms with Gasteiger partial charge in [0.05, 0.1) is 18.5 Å². The second-order valence-electron chi connectivity index (χ2n) is 4.40. The van der Waals surface area contributed by atoms with Crippen LogP contribution in [0.3, 0.4) is 0 Å². The van der Waals surface area contributed by atoms with Crippen molar-refractivity contribution in [3.63, 3.8) is 0 Å². The molecule has 0 saturated carbocycles. The number of nitrogens with zero attached hydrogens (tertiary/aromatic N) is 2. The minimum atomic E-state index is -0.303. The zero-order valence-electron chi connectivity index (χ0n) is 11.8. The van der Waals surface area contributed by atoms with Crippen molar-refractivity contribution in [3.8, 4) is 5.75 Å². The van der Waals surface area contributed by atoms with Crippen LogP contribution in [0.4, 0.5) is 11.4 Å². The highest BCUT2D eigenvalue weighted by molar-refractivity contribution is 6.09. The van der Waals surface area contributed by atoms with Gasteiger partial charge in [0.2, 0.25) is 0 Å². The van der Waals surface area contributed by atoms with Gasteiger partial charge in [-0.15, -0.1) is 0 Å². The Morgan fingerprint density at radius 3 is 2.90 bits per heavy atom. The van der Waals surface area contributed by atoms with Crippen molar-refractivity contribution in [2.45, 2.75) is 13.3 Å². The molecule has 0 fully saturated rings. The molecule has 106 valence electrons. The fourth-order valence-electron chi connectivity index (χ4n) is 2.05. The average molecular weight is 274 g/mol. The second kappa shape index (κ2) is 5.64. The number of hydrogen-bond acceptors (Lipinski definition) is 4. The first-order valence-electron chi connectivity index (χ1n) is 6.33. The topological polar surface area (TPSA) is 82.2 Å². The van der Waals surface area contributed by atoms with E-state index in [0.717, 1.165) is 12.1 Å². The number of benzene rings is 1. The first-order valence-corrected chi connectivity index (χ1v) is 6.33. The van der Waals surface area contributed by atoms with Gasteiger partial charge in [-0.1, -0.05) is 13.0 Å². The van der Waals surface area contributed by atoms with Crippen molar-refractivity contribution in [3.05, 3.63) is 35.7 Å². The maximum absolute atomic E-state index is 12.4. The third-order valence-electron chi connectivity index (χ3n) is 2.99. The number of hydrogen-bond donors (Lipinski definition) is 2. The van der Waals surface area contributed by atoms with Gasteiger partial charge in [-0.3, -0.25) is 9.48 Å². The Kier molecular flexibility index (Phi) is 3.93. The van der Waals surface area contributed by atoms with Gasteiger partial charge < -0.3 is 15.8 Å². The third-order valence-corrected chi connectivity index (χ3v) is 2.99. The molecule has 0 spiro atoms. The number of ether oxygens (including phenoxy) is 1. The molecule has 0 radical (unpaired) electrons. The molecular formula is C14H18N4O2. The zero-order valence-corrected chi connectivity index (χ0v) is 11.8. The summed E-state index contributed by atoms with van der Waals surface area (Å²) in [5.74, 6) is 0.145. The van der Waals surface area contributed by atoms with Crippen LogP contribution in [-0.2, 0) is 13.5 Å². The minimum absolute atomic E-state index is 0.303. The molecule has 1 amide bonds. The van der Waals surface area contributed by atoms with Crippen molar-refractivity contribution in [1.82, 2.24) is 9.78 Å². The standard InChI is InChI=1S/C14H18N4O2/c1-4-10-11(8-18(2)17-10)16-14(19)13-9(15)6-5-7-12(13)20-3/h5-8H,4,15H2,1-3H3,(H,16,19). The molecule has 0 aliphatic carbocycles. The maximum Gasteiger partial charge on any atom is 0.261 e. The molecule has 1 heterocycles. The van der Waals surface area contributed by atoms with Crippen LogP contribution in [-0.4, -0.2) is 22.8 Å². The molecule has 1 aromatic carbocycles. The number of nitrogens with one attached hydrogen (secondary N) is 1. The molecule has 0 unspecified atom stereocenters. The molecule has 0 aliphatic heterocycles. The van der Waals surface area contributed by atoms with E-state index >= 15 is 0 Å². The van der Waals surface area contributed by atoms with Crippen LogP contribution in [0.15, 0.2) is 24.4 Å². The Labute approximate surface area is 117 Å². The fraction of sp³-hybridized carbons (Fsp3) is 0.286. The minimum Gasteiger partial charge on any atom is -0.496 e. The summed E-state index contributed by atoms with van der Waals surface area (Å²) in [6.45, 7) is 1.98. The van der Waals surface area contributed by atoms with Crippen LogP contribution in [0, 0.1) is 0 Å². The predicted octanol–water partition coefficient (Wildman–Crippen LogP) is 1.83. The Morgan fingerprint density at radius 1 is 1.50 bits per heavy atom. The summed E-state index contributed by atoms with van der Waals surface area (Å²) in [6, 6.07) is 5.11. The van der Waals surface area contributed by atoms with Crippen molar-refractivity contribution >= 4 is 17.3 Å². The first-order chi connectivity index (χ1) is 9.56. The molecule has 0 aliphatic rings. The van der Waals surface area contributed by atoms with E-state index in [1.807, 2.05) is 14.0 Å². The lowest BCUT2D eigenvalue weighted by molar-refractivity contribution is 0.102. The number of anilines is 2. The summed E-state index contributed by atoms with van der Waals surface area (Å²) < 4.78 is 6.85. The lowest BCUT2D eigenvalue weighted by atomic mass is 10.1. The van der Waals surface area contributed by atoms with Crippen molar-refractivity contribution in [2.24, 2.45) is 7.05 Å². The highest BCUT2D eigenvalue weighted by Gasteiger charge is 2.17. The summed E-state index contributed by atoms with van der Waals surface area (Å²) in [5, 5.41) is 7.11. The van der Waals surface area contributed by atoms with Gasteiger partial charge in [0.25, 0.3) is 5.91 Å². The van der Waals surface area contributed by atoms with E-state index in [1.54, 1.807) is 29.1 Å². The summed E-state index contributed by atoms with van der Waals surface area (Å²) >= 11 is 0. The van der Waals surface area contributed by atoms with E-state index in [4.69, 9.17) is 10.5 Å². The maximum atomic E-state index is 12.4. The molecule has 0 bridgehead atoms. The average Bonchev–Trinajstić information content (AvgIpc) is 2.78. The number of carbonyl (C=O) groups excluding carboxylic acids is 1. The summed E-state index contributed by atoms with van der Waals surface area (Å²) in [4.78, 5) is 12.4. The predicted molar refractivity (Wildman–Crippen MR) is 77.9 cm³/mol. The molecule has 0 atom stereocenters. The molecule has 0 saturated heterocycles. The summed E-state index contributed by atoms with van der Waals surface area (Å²) in [5.41, 5.74) is 8.09. The number of aryl methyl sites for hydroxylation is 2. The van der Waals surface area contributed by atoms with Crippen LogP contribution in [0.5, 0.6) is 5.75 Å². The number of methoxy groups -OCH3 is 1. The van der Waals surface area contributed by atoms with Crippen LogP contribution < -0.4 is 15.8 Å². The molecule has 3 N–H and O–H groups in total. The number of rotatable bonds is 4. The van der Waals surface area contributed by atoms with Gasteiger partial charge in [-0.2, -0.15) is 5.10 Å². The number of carbonyl (C=O) groups is 1. The Hall–Kier alpha value is -2.50. The highest BCUT2D eigenvalue weighted by Crippen LogP contribution is 2.25. The van der Waals surface area contributed by atoms with Crippen molar-refractivity contribution < 1.29 is 9.53 Å². The lowest BCUT2D eigenvalue weighted by Gasteiger charge is -2.11. The van der Waals surface area contributed by atoms with Gasteiger partial charge in [-0.25, -0.2) is 0 Å². The van der Waals surface area contributed by atoms with Crippen LogP contribution in [0.25, 0.3) is 0 Å². The van der Waals surface area contributed by atoms with E-state index in [2.05, 4.69) is 10.4 Å². The quantitative estimate of drug-likeness (QED) is 0.833. The number of amides is 1. The molecule has 6 heteroatoms. The van der Waals surface area contributed by atoms with Crippen LogP contribution in [0.2, 0.25) is 0 Å². The third kappa shape index (κ3) is 2.59. The van der Waals surface area contributed by atoms with Gasteiger partial charge in [0, 0.05) is 18.9 Å².